The van der Waals surface area contributed by atoms with Crippen LogP contribution in [0.25, 0.3) is 11.0 Å². The van der Waals surface area contributed by atoms with Gasteiger partial charge in [0.15, 0.2) is 11.4 Å². The summed E-state index contributed by atoms with van der Waals surface area (Å²) in [6.45, 7) is 0.338. The smallest absolute Gasteiger partial charge is 0.366 e. The van der Waals surface area contributed by atoms with E-state index in [1.165, 1.54) is 0 Å². The molecule has 4 rings (SSSR count). The molecular weight excluding hydrogens is 266 g/mol. The molecule has 21 heavy (non-hydrogen) atoms. The maximum Gasteiger partial charge on any atom is 0.366 e. The van der Waals surface area contributed by atoms with Crippen molar-refractivity contribution in [3.8, 4) is 5.75 Å². The number of hydrogen-bond acceptors (Lipinski definition) is 4. The van der Waals surface area contributed by atoms with E-state index in [0.717, 1.165) is 16.7 Å². The first-order valence-corrected chi connectivity index (χ1v) is 6.64. The van der Waals surface area contributed by atoms with Gasteiger partial charge in [-0.25, -0.2) is 9.79 Å². The highest BCUT2D eigenvalue weighted by Crippen LogP contribution is 2.35. The fourth-order valence-electron chi connectivity index (χ4n) is 2.44. The minimum Gasteiger partial charge on any atom is -0.484 e. The van der Waals surface area contributed by atoms with Crippen LogP contribution in [0.5, 0.6) is 5.75 Å². The van der Waals surface area contributed by atoms with Gasteiger partial charge in [-0.15, -0.1) is 0 Å². The van der Waals surface area contributed by atoms with E-state index < -0.39 is 5.63 Å². The lowest BCUT2D eigenvalue weighted by molar-refractivity contribution is 0.372. The van der Waals surface area contributed by atoms with Crippen molar-refractivity contribution < 1.29 is 9.15 Å². The maximum absolute atomic E-state index is 12.1. The number of rotatable bonds is 1. The first-order chi connectivity index (χ1) is 10.3. The summed E-state index contributed by atoms with van der Waals surface area (Å²) in [7, 11) is 0. The molecule has 0 aliphatic carbocycles. The molecule has 1 aromatic heterocycles. The fourth-order valence-corrected chi connectivity index (χ4v) is 2.44. The molecule has 3 aromatic rings. The molecule has 0 fully saturated rings. The Morgan fingerprint density at radius 3 is 2.57 bits per heavy atom. The van der Waals surface area contributed by atoms with Crippen LogP contribution in [0.3, 0.4) is 0 Å². The zero-order chi connectivity index (χ0) is 14.2. The van der Waals surface area contributed by atoms with Crippen LogP contribution in [-0.2, 0) is 0 Å². The zero-order valence-electron chi connectivity index (χ0n) is 11.1. The minimum atomic E-state index is -0.475. The quantitative estimate of drug-likeness (QED) is 0.641. The average Bonchev–Trinajstić information content (AvgIpc) is 2.55. The number of hydrogen-bond donors (Lipinski definition) is 0. The van der Waals surface area contributed by atoms with E-state index in [1.807, 2.05) is 48.5 Å². The average molecular weight is 277 g/mol. The van der Waals surface area contributed by atoms with Gasteiger partial charge in [-0.3, -0.25) is 0 Å². The molecule has 2 heterocycles. The van der Waals surface area contributed by atoms with Crippen LogP contribution < -0.4 is 10.4 Å². The van der Waals surface area contributed by atoms with Gasteiger partial charge in [-0.1, -0.05) is 42.5 Å². The lowest BCUT2D eigenvalue weighted by Gasteiger charge is -2.17. The van der Waals surface area contributed by atoms with Gasteiger partial charge in [0, 0.05) is 0 Å². The highest BCUT2D eigenvalue weighted by atomic mass is 16.5. The SMILES string of the molecule is O=c1oc2ccccc2c2c1N=C(c1ccccc1)CO2. The minimum absolute atomic E-state index is 0.235. The summed E-state index contributed by atoms with van der Waals surface area (Å²) in [4.78, 5) is 16.6. The zero-order valence-corrected chi connectivity index (χ0v) is 11.1. The largest absolute Gasteiger partial charge is 0.484 e. The summed E-state index contributed by atoms with van der Waals surface area (Å²) < 4.78 is 11.1. The second kappa shape index (κ2) is 4.59. The van der Waals surface area contributed by atoms with Crippen LogP contribution in [0.2, 0.25) is 0 Å². The molecule has 1 aliphatic heterocycles. The van der Waals surface area contributed by atoms with Crippen LogP contribution >= 0.6 is 0 Å². The van der Waals surface area contributed by atoms with Crippen molar-refractivity contribution in [2.24, 2.45) is 4.99 Å². The highest BCUT2D eigenvalue weighted by Gasteiger charge is 2.21. The first kappa shape index (κ1) is 11.9. The van der Waals surface area contributed by atoms with E-state index >= 15 is 0 Å². The molecule has 0 N–H and O–H groups in total. The van der Waals surface area contributed by atoms with E-state index in [4.69, 9.17) is 9.15 Å². The van der Waals surface area contributed by atoms with Gasteiger partial charge in [0.25, 0.3) is 0 Å². The Morgan fingerprint density at radius 2 is 1.71 bits per heavy atom. The topological polar surface area (TPSA) is 51.8 Å². The predicted molar refractivity (Wildman–Crippen MR) is 80.6 cm³/mol. The van der Waals surface area contributed by atoms with Crippen molar-refractivity contribution in [3.63, 3.8) is 0 Å². The van der Waals surface area contributed by atoms with E-state index in [2.05, 4.69) is 4.99 Å². The Labute approximate surface area is 120 Å². The molecule has 4 heteroatoms. The van der Waals surface area contributed by atoms with Gasteiger partial charge < -0.3 is 9.15 Å². The molecule has 0 unspecified atom stereocenters. The van der Waals surface area contributed by atoms with E-state index in [1.54, 1.807) is 6.07 Å². The number of benzene rings is 2. The summed E-state index contributed by atoms with van der Waals surface area (Å²) in [5, 5.41) is 0.767. The van der Waals surface area contributed by atoms with Crippen molar-refractivity contribution in [1.82, 2.24) is 0 Å². The maximum atomic E-state index is 12.1. The summed E-state index contributed by atoms with van der Waals surface area (Å²) in [5.41, 5.74) is 1.94. The summed E-state index contributed by atoms with van der Waals surface area (Å²) >= 11 is 0. The van der Waals surface area contributed by atoms with Crippen LogP contribution in [0.15, 0.2) is 68.8 Å². The normalized spacial score (nSPS) is 13.4. The first-order valence-electron chi connectivity index (χ1n) is 6.64. The molecule has 0 saturated carbocycles. The van der Waals surface area contributed by atoms with Crippen LogP contribution in [0, 0.1) is 0 Å². The van der Waals surface area contributed by atoms with Gasteiger partial charge in [0.1, 0.15) is 12.2 Å². The van der Waals surface area contributed by atoms with Gasteiger partial charge in [0.2, 0.25) is 0 Å². The third-order valence-electron chi connectivity index (χ3n) is 3.45. The Kier molecular flexibility index (Phi) is 2.60. The number of aliphatic imine (C=N–C) groups is 1. The number of fused-ring (bicyclic) bond motifs is 3. The number of para-hydroxylation sites is 1. The standard InChI is InChI=1S/C17H11NO3/c19-17-15-16(12-8-4-5-9-14(12)21-17)20-10-13(18-15)11-6-2-1-3-7-11/h1-9H,10H2. The van der Waals surface area contributed by atoms with Crippen LogP contribution in [-0.4, -0.2) is 12.3 Å². The molecule has 4 nitrogen and oxygen atoms in total. The number of ether oxygens (including phenoxy) is 1. The van der Waals surface area contributed by atoms with Crippen molar-refractivity contribution in [2.45, 2.75) is 0 Å². The molecule has 0 atom stereocenters. The van der Waals surface area contributed by atoms with Crippen molar-refractivity contribution in [3.05, 3.63) is 70.6 Å². The molecule has 1 aliphatic rings. The van der Waals surface area contributed by atoms with E-state index in [-0.39, 0.29) is 5.69 Å². The van der Waals surface area contributed by atoms with E-state index in [9.17, 15) is 4.79 Å². The van der Waals surface area contributed by atoms with Gasteiger partial charge >= 0.3 is 5.63 Å². The predicted octanol–water partition coefficient (Wildman–Crippen LogP) is 3.31. The molecule has 0 amide bonds. The Morgan fingerprint density at radius 1 is 0.952 bits per heavy atom. The second-order valence-electron chi connectivity index (χ2n) is 4.78. The third kappa shape index (κ3) is 1.92. The Bertz CT molecular complexity index is 910. The monoisotopic (exact) mass is 277 g/mol. The van der Waals surface area contributed by atoms with Crippen LogP contribution in [0.1, 0.15) is 5.56 Å². The van der Waals surface area contributed by atoms with Gasteiger partial charge in [-0.05, 0) is 17.7 Å². The van der Waals surface area contributed by atoms with Crippen molar-refractivity contribution in [1.29, 1.82) is 0 Å². The molecule has 0 radical (unpaired) electrons. The lowest BCUT2D eigenvalue weighted by atomic mass is 10.1. The fraction of sp³-hybridized carbons (Fsp3) is 0.0588. The van der Waals surface area contributed by atoms with Crippen LogP contribution in [0.4, 0.5) is 5.69 Å². The molecule has 0 bridgehead atoms. The second-order valence-corrected chi connectivity index (χ2v) is 4.78. The molecule has 0 spiro atoms. The lowest BCUT2D eigenvalue weighted by Crippen LogP contribution is -2.19. The Balaban J connectivity index is 1.95. The van der Waals surface area contributed by atoms with E-state index in [0.29, 0.717) is 17.9 Å². The molecule has 2 aromatic carbocycles. The molecule has 102 valence electrons. The van der Waals surface area contributed by atoms with Gasteiger partial charge in [0.05, 0.1) is 11.1 Å². The Hall–Kier alpha value is -2.88. The summed E-state index contributed by atoms with van der Waals surface area (Å²) in [6, 6.07) is 17.0. The van der Waals surface area contributed by atoms with Crippen molar-refractivity contribution in [2.75, 3.05) is 6.61 Å². The molecular formula is C17H11NO3. The molecule has 0 saturated heterocycles. The van der Waals surface area contributed by atoms with Gasteiger partial charge in [-0.2, -0.15) is 0 Å². The van der Waals surface area contributed by atoms with Crippen molar-refractivity contribution >= 4 is 22.4 Å². The summed E-state index contributed by atoms with van der Waals surface area (Å²) in [6.07, 6.45) is 0. The summed E-state index contributed by atoms with van der Waals surface area (Å²) in [5.74, 6) is 0.501. The third-order valence-corrected chi connectivity index (χ3v) is 3.45. The number of nitrogens with zero attached hydrogens (tertiary/aromatic N) is 1. The highest BCUT2D eigenvalue weighted by molar-refractivity contribution is 6.05.